The quantitative estimate of drug-likeness (QED) is 0.838. The average Bonchev–Trinajstić information content (AvgIpc) is 2.54. The lowest BCUT2D eigenvalue weighted by molar-refractivity contribution is 0.162. The summed E-state index contributed by atoms with van der Waals surface area (Å²) in [6.45, 7) is 9.15. The topological polar surface area (TPSA) is 37.4 Å². The number of ether oxygens (including phenoxy) is 1. The predicted octanol–water partition coefficient (Wildman–Crippen LogP) is 2.69. The second-order valence-corrected chi connectivity index (χ2v) is 6.02. The molecule has 0 bridgehead atoms. The van der Waals surface area contributed by atoms with Crippen molar-refractivity contribution < 1.29 is 4.74 Å². The molecule has 1 atom stereocenters. The average molecular weight is 291 g/mol. The van der Waals surface area contributed by atoms with Crippen LogP contribution in [0.5, 0.6) is 5.88 Å². The second kappa shape index (κ2) is 8.35. The monoisotopic (exact) mass is 291 g/mol. The first kappa shape index (κ1) is 16.2. The normalized spacial score (nSPS) is 18.6. The van der Waals surface area contributed by atoms with E-state index in [1.165, 1.54) is 38.9 Å². The Morgan fingerprint density at radius 3 is 2.86 bits per heavy atom. The zero-order valence-corrected chi connectivity index (χ0v) is 13.6. The number of aromatic nitrogens is 1. The Labute approximate surface area is 128 Å². The highest BCUT2D eigenvalue weighted by atomic mass is 16.5. The summed E-state index contributed by atoms with van der Waals surface area (Å²) in [6, 6.07) is 4.58. The molecule has 1 aliphatic heterocycles. The maximum atomic E-state index is 5.31. The van der Waals surface area contributed by atoms with E-state index in [-0.39, 0.29) is 0 Å². The molecule has 1 saturated heterocycles. The summed E-state index contributed by atoms with van der Waals surface area (Å²) in [6.07, 6.45) is 5.64. The van der Waals surface area contributed by atoms with Gasteiger partial charge in [0.15, 0.2) is 0 Å². The lowest BCUT2D eigenvalue weighted by Crippen LogP contribution is -2.42. The fourth-order valence-electron chi connectivity index (χ4n) is 3.17. The molecule has 2 heterocycles. The van der Waals surface area contributed by atoms with Crippen molar-refractivity contribution in [2.75, 3.05) is 26.7 Å². The molecular formula is C17H29N3O. The van der Waals surface area contributed by atoms with E-state index in [1.54, 1.807) is 13.3 Å². The van der Waals surface area contributed by atoms with Crippen LogP contribution in [0.15, 0.2) is 18.3 Å². The number of likely N-dealkylation sites (tertiary alicyclic amines) is 1. The van der Waals surface area contributed by atoms with E-state index >= 15 is 0 Å². The van der Waals surface area contributed by atoms with Crippen molar-refractivity contribution in [3.63, 3.8) is 0 Å². The minimum absolute atomic E-state index is 0.540. The Bertz CT molecular complexity index is 416. The Balaban J connectivity index is 1.78. The van der Waals surface area contributed by atoms with E-state index in [0.29, 0.717) is 6.04 Å². The van der Waals surface area contributed by atoms with Crippen LogP contribution in [0.25, 0.3) is 0 Å². The fourth-order valence-corrected chi connectivity index (χ4v) is 3.17. The van der Waals surface area contributed by atoms with E-state index in [1.807, 2.05) is 6.07 Å². The number of pyridine rings is 1. The molecule has 4 heteroatoms. The molecule has 0 amide bonds. The van der Waals surface area contributed by atoms with Crippen molar-refractivity contribution in [1.82, 2.24) is 15.2 Å². The Hall–Kier alpha value is -1.13. The lowest BCUT2D eigenvalue weighted by Gasteiger charge is -2.35. The van der Waals surface area contributed by atoms with Crippen molar-refractivity contribution in [3.8, 4) is 5.88 Å². The highest BCUT2D eigenvalue weighted by molar-refractivity contribution is 5.25. The number of nitrogens with zero attached hydrogens (tertiary/aromatic N) is 2. The van der Waals surface area contributed by atoms with Crippen LogP contribution >= 0.6 is 0 Å². The molecule has 0 radical (unpaired) electrons. The molecule has 2 rings (SSSR count). The van der Waals surface area contributed by atoms with Crippen LogP contribution in [0.2, 0.25) is 0 Å². The van der Waals surface area contributed by atoms with Gasteiger partial charge in [0, 0.05) is 24.3 Å². The maximum Gasteiger partial charge on any atom is 0.217 e. The summed E-state index contributed by atoms with van der Waals surface area (Å²) >= 11 is 0. The van der Waals surface area contributed by atoms with E-state index in [4.69, 9.17) is 4.74 Å². The summed E-state index contributed by atoms with van der Waals surface area (Å²) in [5, 5.41) is 3.65. The molecule has 1 aromatic heterocycles. The van der Waals surface area contributed by atoms with E-state index in [9.17, 15) is 0 Å². The van der Waals surface area contributed by atoms with Gasteiger partial charge in [-0.1, -0.05) is 13.0 Å². The van der Waals surface area contributed by atoms with Gasteiger partial charge in [-0.3, -0.25) is 0 Å². The number of nitrogens with one attached hydrogen (secondary N) is 1. The van der Waals surface area contributed by atoms with Crippen LogP contribution in [-0.2, 0) is 6.54 Å². The molecule has 1 fully saturated rings. The van der Waals surface area contributed by atoms with Gasteiger partial charge in [0.1, 0.15) is 0 Å². The molecule has 0 saturated carbocycles. The van der Waals surface area contributed by atoms with Gasteiger partial charge >= 0.3 is 0 Å². The van der Waals surface area contributed by atoms with Gasteiger partial charge in [0.05, 0.1) is 7.11 Å². The molecule has 0 aliphatic carbocycles. The van der Waals surface area contributed by atoms with Gasteiger partial charge in [-0.15, -0.1) is 0 Å². The number of rotatable bonds is 7. The smallest absolute Gasteiger partial charge is 0.217 e. The van der Waals surface area contributed by atoms with Gasteiger partial charge < -0.3 is 15.0 Å². The van der Waals surface area contributed by atoms with Crippen molar-refractivity contribution in [1.29, 1.82) is 0 Å². The van der Waals surface area contributed by atoms with Crippen molar-refractivity contribution >= 4 is 0 Å². The number of hydrogen-bond donors (Lipinski definition) is 1. The highest BCUT2D eigenvalue weighted by Gasteiger charge is 2.23. The number of piperidine rings is 1. The minimum atomic E-state index is 0.540. The van der Waals surface area contributed by atoms with Gasteiger partial charge in [-0.05, 0) is 57.8 Å². The molecule has 1 aromatic rings. The first-order valence-electron chi connectivity index (χ1n) is 8.18. The fraction of sp³-hybridized carbons (Fsp3) is 0.706. The zero-order valence-electron chi connectivity index (χ0n) is 13.6. The molecule has 118 valence electrons. The Morgan fingerprint density at radius 2 is 2.19 bits per heavy atom. The predicted molar refractivity (Wildman–Crippen MR) is 86.5 cm³/mol. The van der Waals surface area contributed by atoms with Crippen LogP contribution in [-0.4, -0.2) is 42.7 Å². The van der Waals surface area contributed by atoms with Crippen molar-refractivity contribution in [2.45, 2.75) is 45.7 Å². The number of hydrogen-bond acceptors (Lipinski definition) is 4. The Kier molecular flexibility index (Phi) is 6.46. The van der Waals surface area contributed by atoms with Crippen LogP contribution in [0, 0.1) is 5.92 Å². The molecule has 1 N–H and O–H groups in total. The number of methoxy groups -OCH3 is 1. The molecule has 0 aromatic carbocycles. The highest BCUT2D eigenvalue weighted by Crippen LogP contribution is 2.21. The first-order chi connectivity index (χ1) is 10.2. The molecule has 0 spiro atoms. The second-order valence-electron chi connectivity index (χ2n) is 6.02. The SMILES string of the molecule is CCCN1CCC(C(C)NCc2cccnc2OC)CC1. The minimum Gasteiger partial charge on any atom is -0.481 e. The molecule has 1 aliphatic rings. The molecule has 4 nitrogen and oxygen atoms in total. The van der Waals surface area contributed by atoms with Gasteiger partial charge in [0.25, 0.3) is 0 Å². The molecule has 21 heavy (non-hydrogen) atoms. The summed E-state index contributed by atoms with van der Waals surface area (Å²) in [4.78, 5) is 6.84. The molecular weight excluding hydrogens is 262 g/mol. The zero-order chi connectivity index (χ0) is 15.1. The summed E-state index contributed by atoms with van der Waals surface area (Å²) in [5.41, 5.74) is 1.13. The summed E-state index contributed by atoms with van der Waals surface area (Å²) in [7, 11) is 1.68. The van der Waals surface area contributed by atoms with Crippen LogP contribution in [0.1, 0.15) is 38.7 Å². The maximum absolute atomic E-state index is 5.31. The van der Waals surface area contributed by atoms with Crippen LogP contribution in [0.4, 0.5) is 0 Å². The Morgan fingerprint density at radius 1 is 1.43 bits per heavy atom. The third kappa shape index (κ3) is 4.68. The van der Waals surface area contributed by atoms with Gasteiger partial charge in [0.2, 0.25) is 5.88 Å². The standard InChI is InChI=1S/C17H29N3O/c1-4-10-20-11-7-15(8-12-20)14(2)19-13-16-6-5-9-18-17(16)21-3/h5-6,9,14-15,19H,4,7-8,10-13H2,1-3H3. The third-order valence-electron chi connectivity index (χ3n) is 4.54. The van der Waals surface area contributed by atoms with Gasteiger partial charge in [-0.25, -0.2) is 4.98 Å². The van der Waals surface area contributed by atoms with Crippen LogP contribution in [0.3, 0.4) is 0 Å². The third-order valence-corrected chi connectivity index (χ3v) is 4.54. The van der Waals surface area contributed by atoms with Gasteiger partial charge in [-0.2, -0.15) is 0 Å². The van der Waals surface area contributed by atoms with E-state index < -0.39 is 0 Å². The molecule has 1 unspecified atom stereocenters. The largest absolute Gasteiger partial charge is 0.481 e. The summed E-state index contributed by atoms with van der Waals surface area (Å²) in [5.74, 6) is 1.51. The van der Waals surface area contributed by atoms with Crippen LogP contribution < -0.4 is 10.1 Å². The van der Waals surface area contributed by atoms with E-state index in [2.05, 4.69) is 35.1 Å². The van der Waals surface area contributed by atoms with Crippen molar-refractivity contribution in [3.05, 3.63) is 23.9 Å². The van der Waals surface area contributed by atoms with E-state index in [0.717, 1.165) is 23.9 Å². The van der Waals surface area contributed by atoms with Crippen molar-refractivity contribution in [2.24, 2.45) is 5.92 Å². The first-order valence-corrected chi connectivity index (χ1v) is 8.18. The lowest BCUT2D eigenvalue weighted by atomic mass is 9.90. The summed E-state index contributed by atoms with van der Waals surface area (Å²) < 4.78 is 5.31.